The van der Waals surface area contributed by atoms with Gasteiger partial charge in [0.25, 0.3) is 0 Å². The fraction of sp³-hybridized carbons (Fsp3) is 0.600. The third kappa shape index (κ3) is 3.99. The Kier molecular flexibility index (Phi) is 5.81. The van der Waals surface area contributed by atoms with E-state index in [9.17, 15) is 15.0 Å². The summed E-state index contributed by atoms with van der Waals surface area (Å²) < 4.78 is 7.48. The van der Waals surface area contributed by atoms with Crippen molar-refractivity contribution in [1.29, 1.82) is 0 Å². The highest BCUT2D eigenvalue weighted by Crippen LogP contribution is 2.28. The van der Waals surface area contributed by atoms with Gasteiger partial charge in [0.15, 0.2) is 18.5 Å². The smallest absolute Gasteiger partial charge is 0.320 e. The Hall–Kier alpha value is -1.99. The number of rotatable bonds is 7. The molecule has 27 heavy (non-hydrogen) atoms. The molecule has 6 atom stereocenters. The standard InChI is InChI=1S/C15H22N6O5S/c1-27(3-2-7(16)15(24)25)4-8-10(22)11(23)14(26-8)21-6-20-9-12(17)18-5-19-13(9)21/h5-8,10-11,14,22-23H,2-4,16H2,1H3,(H2-,17,18,19,24,25)/p+2/t7-,8+,10+,11+,14+,27?/m0/s1/i1+1. The van der Waals surface area contributed by atoms with Crippen LogP contribution >= 0.6 is 0 Å². The average molecular weight is 401 g/mol. The number of fused-ring (bicyclic) bond motifs is 1. The van der Waals surface area contributed by atoms with Crippen LogP contribution in [-0.4, -0.2) is 78.4 Å². The minimum Gasteiger partial charge on any atom is -0.480 e. The lowest BCUT2D eigenvalue weighted by Gasteiger charge is -2.14. The summed E-state index contributed by atoms with van der Waals surface area (Å²) >= 11 is 0. The van der Waals surface area contributed by atoms with Crippen LogP contribution in [0.1, 0.15) is 12.6 Å². The maximum atomic E-state index is 10.8. The van der Waals surface area contributed by atoms with Gasteiger partial charge >= 0.3 is 11.6 Å². The largest absolute Gasteiger partial charge is 0.480 e. The van der Waals surface area contributed by atoms with Gasteiger partial charge in [-0.15, -0.1) is 0 Å². The molecule has 1 aliphatic heterocycles. The Labute approximate surface area is 157 Å². The molecule has 0 aliphatic carbocycles. The maximum Gasteiger partial charge on any atom is 0.320 e. The Bertz CT molecular complexity index is 819. The van der Waals surface area contributed by atoms with Crippen molar-refractivity contribution in [2.24, 2.45) is 5.73 Å². The Morgan fingerprint density at radius 1 is 1.44 bits per heavy atom. The summed E-state index contributed by atoms with van der Waals surface area (Å²) in [6.07, 6.45) is 1.54. The molecular weight excluding hydrogens is 377 g/mol. The van der Waals surface area contributed by atoms with Gasteiger partial charge in [-0.05, 0) is 10.9 Å². The number of nitrogen functional groups attached to an aromatic ring is 1. The molecule has 0 bridgehead atoms. The first kappa shape index (κ1) is 19.8. The highest BCUT2D eigenvalue weighted by atomic mass is 32.2. The van der Waals surface area contributed by atoms with Gasteiger partial charge in [0.2, 0.25) is 11.7 Å². The number of nitrogens with zero attached hydrogens (tertiary/aromatic N) is 3. The molecule has 148 valence electrons. The zero-order valence-electron chi connectivity index (χ0n) is 14.7. The number of nitrogens with two attached hydrogens (primary N) is 2. The van der Waals surface area contributed by atoms with Crippen molar-refractivity contribution < 1.29 is 29.4 Å². The summed E-state index contributed by atoms with van der Waals surface area (Å²) in [4.78, 5) is 21.8. The molecule has 11 nitrogen and oxygen atoms in total. The van der Waals surface area contributed by atoms with Gasteiger partial charge in [0.1, 0.15) is 35.9 Å². The van der Waals surface area contributed by atoms with Crippen molar-refractivity contribution in [1.82, 2.24) is 15.0 Å². The molecule has 1 unspecified atom stereocenters. The van der Waals surface area contributed by atoms with Gasteiger partial charge in [0, 0.05) is 6.42 Å². The number of aliphatic carboxylic acids is 1. The van der Waals surface area contributed by atoms with E-state index in [1.165, 1.54) is 6.33 Å². The monoisotopic (exact) mass is 401 g/mol. The number of carboxylic acids is 1. The topological polar surface area (TPSA) is 184 Å². The average Bonchev–Trinajstić information content (AvgIpc) is 3.17. The van der Waals surface area contributed by atoms with Crippen LogP contribution in [0.5, 0.6) is 0 Å². The quantitative estimate of drug-likeness (QED) is 0.166. The highest BCUT2D eigenvalue weighted by Gasteiger charge is 2.48. The lowest BCUT2D eigenvalue weighted by molar-refractivity contribution is -0.745. The number of aliphatic hydroxyl groups excluding tert-OH is 2. The number of imidazole rings is 1. The predicted molar refractivity (Wildman–Crippen MR) is 97.7 cm³/mol. The fourth-order valence-electron chi connectivity index (χ4n) is 3.02. The van der Waals surface area contributed by atoms with Gasteiger partial charge in [-0.25, -0.2) is 4.57 Å². The number of hydrogen-bond acceptors (Lipinski definition) is 8. The first-order valence-electron chi connectivity index (χ1n) is 8.37. The van der Waals surface area contributed by atoms with Crippen molar-refractivity contribution in [3.63, 3.8) is 0 Å². The summed E-state index contributed by atoms with van der Waals surface area (Å²) in [5.74, 6) is 0.330. The number of hydrogen-bond donors (Lipinski definition) is 6. The molecule has 2 aromatic rings. The molecule has 1 fully saturated rings. The van der Waals surface area contributed by atoms with Gasteiger partial charge < -0.3 is 31.5 Å². The summed E-state index contributed by atoms with van der Waals surface area (Å²) in [5.41, 5.74) is 12.3. The van der Waals surface area contributed by atoms with E-state index in [1.807, 2.05) is 6.26 Å². The number of H-pyrrole nitrogens is 1. The van der Waals surface area contributed by atoms with Gasteiger partial charge in [0.05, 0.1) is 6.26 Å². The van der Waals surface area contributed by atoms with E-state index in [0.29, 0.717) is 29.1 Å². The normalized spacial score (nSPS) is 27.7. The third-order valence-electron chi connectivity index (χ3n) is 4.60. The molecule has 3 heterocycles. The number of carbonyl (C=O) groups is 1. The van der Waals surface area contributed by atoms with Crippen molar-refractivity contribution >= 4 is 33.8 Å². The Balaban J connectivity index is 1.68. The molecule has 0 saturated carbocycles. The number of aromatic amines is 1. The van der Waals surface area contributed by atoms with E-state index in [2.05, 4.69) is 15.0 Å². The lowest BCUT2D eigenvalue weighted by atomic mass is 10.1. The second kappa shape index (κ2) is 7.94. The minimum atomic E-state index is -1.14. The number of anilines is 1. The van der Waals surface area contributed by atoms with Crippen LogP contribution < -0.4 is 16.0 Å². The molecule has 3 rings (SSSR count). The second-order valence-corrected chi connectivity index (χ2v) is 8.87. The first-order chi connectivity index (χ1) is 12.8. The Morgan fingerprint density at radius 2 is 2.19 bits per heavy atom. The third-order valence-corrected chi connectivity index (χ3v) is 6.43. The molecule has 0 radical (unpaired) electrons. The molecule has 12 heteroatoms. The highest BCUT2D eigenvalue weighted by molar-refractivity contribution is 7.96. The van der Waals surface area contributed by atoms with E-state index < -0.39 is 36.6 Å². The molecule has 0 amide bonds. The van der Waals surface area contributed by atoms with Gasteiger partial charge in [-0.2, -0.15) is 4.98 Å². The maximum absolute atomic E-state index is 10.8. The number of carboxylic acid groups (broad SMARTS) is 1. The van der Waals surface area contributed by atoms with Crippen molar-refractivity contribution in [2.45, 2.75) is 37.0 Å². The van der Waals surface area contributed by atoms with Crippen LogP contribution in [0.3, 0.4) is 0 Å². The van der Waals surface area contributed by atoms with Crippen molar-refractivity contribution in [3.05, 3.63) is 12.7 Å². The van der Waals surface area contributed by atoms with E-state index >= 15 is 0 Å². The number of ether oxygens (including phenoxy) is 1. The summed E-state index contributed by atoms with van der Waals surface area (Å²) in [6, 6.07) is -0.903. The minimum absolute atomic E-state index is 0.227. The predicted octanol–water partition coefficient (Wildman–Crippen LogP) is -2.50. The lowest BCUT2D eigenvalue weighted by Crippen LogP contribution is -2.45. The number of nitrogens with one attached hydrogen (secondary N) is 1. The summed E-state index contributed by atoms with van der Waals surface area (Å²) in [6.45, 7) is 0. The molecule has 0 aromatic carbocycles. The summed E-state index contributed by atoms with van der Waals surface area (Å²) in [5, 5.41) is 29.7. The van der Waals surface area contributed by atoms with Crippen LogP contribution in [0.4, 0.5) is 5.82 Å². The van der Waals surface area contributed by atoms with Crippen LogP contribution in [0.15, 0.2) is 12.7 Å². The van der Waals surface area contributed by atoms with Gasteiger partial charge in [-0.1, -0.05) is 4.98 Å². The molecule has 8 N–H and O–H groups in total. The van der Waals surface area contributed by atoms with Crippen LogP contribution in [-0.2, 0) is 20.4 Å². The first-order valence-corrected chi connectivity index (χ1v) is 10.3. The van der Waals surface area contributed by atoms with E-state index in [-0.39, 0.29) is 16.7 Å². The molecule has 1 aliphatic rings. The van der Waals surface area contributed by atoms with Crippen LogP contribution in [0.2, 0.25) is 0 Å². The zero-order valence-corrected chi connectivity index (χ0v) is 15.5. The van der Waals surface area contributed by atoms with E-state index in [0.717, 1.165) is 0 Å². The van der Waals surface area contributed by atoms with E-state index in [1.54, 1.807) is 10.9 Å². The number of aromatic nitrogens is 4. The Morgan fingerprint density at radius 3 is 2.89 bits per heavy atom. The summed E-state index contributed by atoms with van der Waals surface area (Å²) in [7, 11) is -0.227. The molecular formula is C15H24N6O5S+2. The van der Waals surface area contributed by atoms with Crippen molar-refractivity contribution in [3.8, 4) is 0 Å². The molecule has 1 saturated heterocycles. The molecule has 0 spiro atoms. The number of aliphatic hydroxyl groups is 2. The second-order valence-electron chi connectivity index (χ2n) is 6.57. The zero-order chi connectivity index (χ0) is 19.7. The van der Waals surface area contributed by atoms with Gasteiger partial charge in [-0.3, -0.25) is 9.78 Å². The fourth-order valence-corrected chi connectivity index (χ4v) is 4.68. The van der Waals surface area contributed by atoms with Crippen LogP contribution in [0.25, 0.3) is 11.2 Å². The van der Waals surface area contributed by atoms with Crippen molar-refractivity contribution in [2.75, 3.05) is 23.5 Å². The SMILES string of the molecule is [13CH3][S+](CC[C@H](N)C(=O)O)C[C@H]1O[C@@H]([n+]2c[nH]c3c(N)ncnc32)[C@H](O)[C@@H]1O. The van der Waals surface area contributed by atoms with E-state index in [4.69, 9.17) is 21.3 Å². The van der Waals surface area contributed by atoms with Crippen LogP contribution in [0, 0.1) is 0 Å². The molecule has 2 aromatic heterocycles.